The predicted molar refractivity (Wildman–Crippen MR) is 225 cm³/mol. The molecule has 0 saturated heterocycles. The molecule has 8 aromatic carbocycles. The van der Waals surface area contributed by atoms with E-state index in [0.29, 0.717) is 0 Å². The zero-order valence-electron chi connectivity index (χ0n) is 29.6. The van der Waals surface area contributed by atoms with Crippen molar-refractivity contribution in [3.8, 4) is 33.6 Å². The molecular formula is C50H36N2O. The Morgan fingerprint density at radius 2 is 0.849 bits per heavy atom. The number of hydrogen-bond acceptors (Lipinski definition) is 1. The number of aromatic nitrogens is 2. The van der Waals surface area contributed by atoms with E-state index < -0.39 is 0 Å². The third-order valence-corrected chi connectivity index (χ3v) is 10.5. The fourth-order valence-corrected chi connectivity index (χ4v) is 8.23. The van der Waals surface area contributed by atoms with Crippen LogP contribution in [-0.2, 0) is 0 Å². The van der Waals surface area contributed by atoms with E-state index in [0.717, 1.165) is 38.8 Å². The normalized spacial score (nSPS) is 11.6. The van der Waals surface area contributed by atoms with Crippen molar-refractivity contribution in [2.24, 2.45) is 0 Å². The van der Waals surface area contributed by atoms with Gasteiger partial charge in [-0.1, -0.05) is 129 Å². The highest BCUT2D eigenvalue weighted by molar-refractivity contribution is 6.13. The van der Waals surface area contributed by atoms with E-state index in [1.807, 2.05) is 13.8 Å². The fraction of sp³-hybridized carbons (Fsp3) is 0.0400. The summed E-state index contributed by atoms with van der Waals surface area (Å²) in [6.45, 7) is 4.00. The van der Waals surface area contributed by atoms with Gasteiger partial charge in [-0.2, -0.15) is 0 Å². The second-order valence-electron chi connectivity index (χ2n) is 13.3. The van der Waals surface area contributed by atoms with E-state index in [1.54, 1.807) is 0 Å². The van der Waals surface area contributed by atoms with Gasteiger partial charge in [-0.05, 0) is 83.4 Å². The van der Waals surface area contributed by atoms with E-state index in [2.05, 4.69) is 191 Å². The minimum atomic E-state index is 0.890. The molecule has 11 rings (SSSR count). The Balaban J connectivity index is 0.00000172. The summed E-state index contributed by atoms with van der Waals surface area (Å²) >= 11 is 0. The van der Waals surface area contributed by atoms with Crippen LogP contribution >= 0.6 is 0 Å². The molecule has 0 bridgehead atoms. The van der Waals surface area contributed by atoms with Gasteiger partial charge in [0.1, 0.15) is 11.2 Å². The molecule has 0 atom stereocenters. The monoisotopic (exact) mass is 680 g/mol. The van der Waals surface area contributed by atoms with Crippen LogP contribution in [0.25, 0.3) is 99.2 Å². The lowest BCUT2D eigenvalue weighted by atomic mass is 9.99. The number of hydrogen-bond donors (Lipinski definition) is 0. The Kier molecular flexibility index (Phi) is 7.26. The summed E-state index contributed by atoms with van der Waals surface area (Å²) in [5, 5.41) is 7.25. The van der Waals surface area contributed by atoms with Crippen molar-refractivity contribution < 1.29 is 4.42 Å². The molecule has 3 aromatic heterocycles. The van der Waals surface area contributed by atoms with Gasteiger partial charge < -0.3 is 13.6 Å². The van der Waals surface area contributed by atoms with E-state index in [-0.39, 0.29) is 0 Å². The van der Waals surface area contributed by atoms with Crippen LogP contribution in [0.3, 0.4) is 0 Å². The maximum absolute atomic E-state index is 6.67. The molecule has 0 aliphatic carbocycles. The van der Waals surface area contributed by atoms with E-state index in [9.17, 15) is 0 Å². The van der Waals surface area contributed by atoms with E-state index in [4.69, 9.17) is 4.42 Å². The molecule has 0 saturated carbocycles. The molecule has 252 valence electrons. The van der Waals surface area contributed by atoms with Gasteiger partial charge in [0, 0.05) is 49.3 Å². The first-order chi connectivity index (χ1) is 26.3. The number of fused-ring (bicyclic) bond motifs is 9. The molecule has 11 aromatic rings. The summed E-state index contributed by atoms with van der Waals surface area (Å²) in [5.74, 6) is 0. The Labute approximate surface area is 307 Å². The van der Waals surface area contributed by atoms with Gasteiger partial charge in [-0.15, -0.1) is 0 Å². The molecule has 0 unspecified atom stereocenters. The van der Waals surface area contributed by atoms with Crippen molar-refractivity contribution in [2.45, 2.75) is 13.8 Å². The lowest BCUT2D eigenvalue weighted by Crippen LogP contribution is -1.94. The van der Waals surface area contributed by atoms with Gasteiger partial charge >= 0.3 is 0 Å². The maximum atomic E-state index is 6.67. The Morgan fingerprint density at radius 3 is 1.55 bits per heavy atom. The topological polar surface area (TPSA) is 23.0 Å². The van der Waals surface area contributed by atoms with Crippen LogP contribution in [0.4, 0.5) is 0 Å². The SMILES string of the molecule is CC.c1ccc(-n2c3ccccc3c3cc(-c4ccc5oc6c(-c7cccc(-n8c9ccccc9c9ccccc98)c7)cccc6c5c4)ccc32)cc1. The van der Waals surface area contributed by atoms with Crippen molar-refractivity contribution in [1.29, 1.82) is 0 Å². The van der Waals surface area contributed by atoms with Crippen molar-refractivity contribution >= 4 is 65.6 Å². The summed E-state index contributed by atoms with van der Waals surface area (Å²) in [7, 11) is 0. The quantitative estimate of drug-likeness (QED) is 0.181. The number of furan rings is 1. The van der Waals surface area contributed by atoms with Crippen molar-refractivity contribution in [3.63, 3.8) is 0 Å². The maximum Gasteiger partial charge on any atom is 0.143 e. The smallest absolute Gasteiger partial charge is 0.143 e. The van der Waals surface area contributed by atoms with Gasteiger partial charge in [0.25, 0.3) is 0 Å². The third-order valence-electron chi connectivity index (χ3n) is 10.5. The number of benzene rings is 8. The highest BCUT2D eigenvalue weighted by atomic mass is 16.3. The van der Waals surface area contributed by atoms with Crippen LogP contribution in [0.2, 0.25) is 0 Å². The first-order valence-electron chi connectivity index (χ1n) is 18.4. The average Bonchev–Trinajstić information content (AvgIpc) is 3.89. The number of nitrogens with zero attached hydrogens (tertiary/aromatic N) is 2. The van der Waals surface area contributed by atoms with Crippen LogP contribution in [0.1, 0.15) is 13.8 Å². The van der Waals surface area contributed by atoms with Crippen molar-refractivity contribution in [3.05, 3.63) is 182 Å². The van der Waals surface area contributed by atoms with Gasteiger partial charge in [0.15, 0.2) is 0 Å². The van der Waals surface area contributed by atoms with Crippen molar-refractivity contribution in [1.82, 2.24) is 9.13 Å². The largest absolute Gasteiger partial charge is 0.455 e. The summed E-state index contributed by atoms with van der Waals surface area (Å²) in [6.07, 6.45) is 0. The third kappa shape index (κ3) is 4.82. The molecule has 0 aliphatic rings. The minimum Gasteiger partial charge on any atom is -0.455 e. The molecule has 0 fully saturated rings. The first kappa shape index (κ1) is 30.9. The standard InChI is InChI=1S/C48H30N2O.C2H6/c1-2-13-34(14-3-1)49-45-23-9-6-18-39(45)41-29-31(24-26-46(41)49)32-25-27-47-42(30-32)40-20-11-19-36(48(40)51-47)33-12-10-15-35(28-33)50-43-21-7-4-16-37(43)38-17-5-8-22-44(38)50;1-2/h1-30H;1-2H3. The number of rotatable bonds is 4. The Bertz CT molecular complexity index is 3090. The average molecular weight is 681 g/mol. The van der Waals surface area contributed by atoms with Gasteiger partial charge in [0.05, 0.1) is 22.1 Å². The second kappa shape index (κ2) is 12.4. The lowest BCUT2D eigenvalue weighted by Gasteiger charge is -2.10. The van der Waals surface area contributed by atoms with Crippen LogP contribution in [0.15, 0.2) is 186 Å². The van der Waals surface area contributed by atoms with Crippen LogP contribution in [0.5, 0.6) is 0 Å². The summed E-state index contributed by atoms with van der Waals surface area (Å²) in [6, 6.07) is 65.4. The molecule has 3 nitrogen and oxygen atoms in total. The van der Waals surface area contributed by atoms with Gasteiger partial charge in [0.2, 0.25) is 0 Å². The lowest BCUT2D eigenvalue weighted by molar-refractivity contribution is 0.670. The van der Waals surface area contributed by atoms with Crippen molar-refractivity contribution in [2.75, 3.05) is 0 Å². The zero-order chi connectivity index (χ0) is 35.5. The predicted octanol–water partition coefficient (Wildman–Crippen LogP) is 14.1. The zero-order valence-corrected chi connectivity index (χ0v) is 29.6. The highest BCUT2D eigenvalue weighted by Crippen LogP contribution is 2.40. The summed E-state index contributed by atoms with van der Waals surface area (Å²) in [5.41, 5.74) is 13.5. The van der Waals surface area contributed by atoms with Gasteiger partial charge in [-0.3, -0.25) is 0 Å². The minimum absolute atomic E-state index is 0.890. The van der Waals surface area contributed by atoms with Gasteiger partial charge in [-0.25, -0.2) is 0 Å². The van der Waals surface area contributed by atoms with Crippen LogP contribution in [0, 0.1) is 0 Å². The molecule has 53 heavy (non-hydrogen) atoms. The van der Waals surface area contributed by atoms with E-state index in [1.165, 1.54) is 60.4 Å². The summed E-state index contributed by atoms with van der Waals surface area (Å²) in [4.78, 5) is 0. The molecule has 0 radical (unpaired) electrons. The molecule has 0 amide bonds. The van der Waals surface area contributed by atoms with Crippen LogP contribution < -0.4 is 0 Å². The molecular weight excluding hydrogens is 645 g/mol. The summed E-state index contributed by atoms with van der Waals surface area (Å²) < 4.78 is 11.4. The molecule has 3 heteroatoms. The highest BCUT2D eigenvalue weighted by Gasteiger charge is 2.17. The fourth-order valence-electron chi connectivity index (χ4n) is 8.23. The Morgan fingerprint density at radius 1 is 0.340 bits per heavy atom. The van der Waals surface area contributed by atoms with Crippen LogP contribution in [-0.4, -0.2) is 9.13 Å². The van der Waals surface area contributed by atoms with E-state index >= 15 is 0 Å². The molecule has 0 spiro atoms. The second-order valence-corrected chi connectivity index (χ2v) is 13.3. The number of para-hydroxylation sites is 5. The molecule has 0 N–H and O–H groups in total. The first-order valence-corrected chi connectivity index (χ1v) is 18.4. The molecule has 3 heterocycles. The molecule has 0 aliphatic heterocycles. The Hall–Kier alpha value is -6.84.